The molecule has 0 saturated heterocycles. The van der Waals surface area contributed by atoms with Crippen LogP contribution in [0.3, 0.4) is 0 Å². The molecule has 1 aromatic rings. The molecular weight excluding hydrogens is 281 g/mol. The van der Waals surface area contributed by atoms with Crippen molar-refractivity contribution < 1.29 is 19.1 Å². The lowest BCUT2D eigenvalue weighted by atomic mass is 10.2. The van der Waals surface area contributed by atoms with Crippen LogP contribution < -0.4 is 5.32 Å². The van der Waals surface area contributed by atoms with Crippen LogP contribution >= 0.6 is 15.9 Å². The Balaban J connectivity index is 2.81. The fraction of sp³-hybridized carbons (Fsp3) is 0.200. The highest BCUT2D eigenvalue weighted by Crippen LogP contribution is 2.16. The third kappa shape index (κ3) is 3.03. The molecule has 1 unspecified atom stereocenters. The number of rotatable bonds is 3. The fourth-order valence-electron chi connectivity index (χ4n) is 0.979. The Morgan fingerprint density at radius 3 is 2.62 bits per heavy atom. The highest BCUT2D eigenvalue weighted by Gasteiger charge is 2.15. The van der Waals surface area contributed by atoms with Gasteiger partial charge in [-0.3, -0.25) is 9.59 Å². The summed E-state index contributed by atoms with van der Waals surface area (Å²) < 4.78 is 13.3. The van der Waals surface area contributed by atoms with Crippen molar-refractivity contribution in [2.45, 2.75) is 13.0 Å². The average molecular weight is 290 g/mol. The van der Waals surface area contributed by atoms with Gasteiger partial charge in [-0.1, -0.05) is 0 Å². The second kappa shape index (κ2) is 5.07. The quantitative estimate of drug-likeness (QED) is 0.892. The van der Waals surface area contributed by atoms with Gasteiger partial charge in [-0.15, -0.1) is 0 Å². The summed E-state index contributed by atoms with van der Waals surface area (Å²) in [5.41, 5.74) is 0.0776. The van der Waals surface area contributed by atoms with Crippen molar-refractivity contribution in [2.24, 2.45) is 0 Å². The molecule has 1 atom stereocenters. The Hall–Kier alpha value is -1.43. The third-order valence-electron chi connectivity index (χ3n) is 1.90. The van der Waals surface area contributed by atoms with Gasteiger partial charge in [-0.05, 0) is 41.1 Å². The lowest BCUT2D eigenvalue weighted by molar-refractivity contribution is -0.138. The van der Waals surface area contributed by atoms with E-state index >= 15 is 0 Å². The van der Waals surface area contributed by atoms with E-state index in [1.165, 1.54) is 19.1 Å². The third-order valence-corrected chi connectivity index (χ3v) is 2.54. The Bertz CT molecular complexity index is 436. The number of nitrogens with one attached hydrogen (secondary N) is 1. The van der Waals surface area contributed by atoms with Gasteiger partial charge < -0.3 is 10.4 Å². The first kappa shape index (κ1) is 12.6. The molecule has 16 heavy (non-hydrogen) atoms. The summed E-state index contributed by atoms with van der Waals surface area (Å²) in [5.74, 6) is -2.34. The molecule has 0 spiro atoms. The predicted molar refractivity (Wildman–Crippen MR) is 58.7 cm³/mol. The Morgan fingerprint density at radius 2 is 2.12 bits per heavy atom. The highest BCUT2D eigenvalue weighted by molar-refractivity contribution is 9.10. The molecule has 86 valence electrons. The van der Waals surface area contributed by atoms with Gasteiger partial charge in [0.2, 0.25) is 0 Å². The van der Waals surface area contributed by atoms with Gasteiger partial charge in [0, 0.05) is 5.56 Å². The number of carboxylic acids is 1. The largest absolute Gasteiger partial charge is 0.480 e. The molecule has 6 heteroatoms. The van der Waals surface area contributed by atoms with Crippen molar-refractivity contribution in [1.29, 1.82) is 0 Å². The molecule has 1 rings (SSSR count). The van der Waals surface area contributed by atoms with Crippen molar-refractivity contribution in [1.82, 2.24) is 5.32 Å². The lowest BCUT2D eigenvalue weighted by Crippen LogP contribution is -2.38. The van der Waals surface area contributed by atoms with Gasteiger partial charge in [0.1, 0.15) is 11.9 Å². The molecule has 0 fully saturated rings. The van der Waals surface area contributed by atoms with Crippen LogP contribution in [0.25, 0.3) is 0 Å². The first-order chi connectivity index (χ1) is 7.41. The average Bonchev–Trinajstić information content (AvgIpc) is 2.21. The maximum Gasteiger partial charge on any atom is 0.325 e. The minimum Gasteiger partial charge on any atom is -0.480 e. The van der Waals surface area contributed by atoms with Crippen molar-refractivity contribution in [3.05, 3.63) is 34.1 Å². The molecule has 4 nitrogen and oxygen atoms in total. The summed E-state index contributed by atoms with van der Waals surface area (Å²) in [6, 6.07) is 2.81. The smallest absolute Gasteiger partial charge is 0.325 e. The number of halogens is 2. The zero-order valence-corrected chi connectivity index (χ0v) is 9.92. The van der Waals surface area contributed by atoms with Crippen LogP contribution in [0.4, 0.5) is 4.39 Å². The molecule has 0 bridgehead atoms. The van der Waals surface area contributed by atoms with Crippen LogP contribution in [0.15, 0.2) is 22.7 Å². The van der Waals surface area contributed by atoms with Gasteiger partial charge in [-0.2, -0.15) is 0 Å². The van der Waals surface area contributed by atoms with E-state index in [9.17, 15) is 14.0 Å². The van der Waals surface area contributed by atoms with E-state index < -0.39 is 23.7 Å². The summed E-state index contributed by atoms with van der Waals surface area (Å²) in [6.45, 7) is 1.33. The monoisotopic (exact) mass is 289 g/mol. The van der Waals surface area contributed by atoms with E-state index in [-0.39, 0.29) is 10.0 Å². The highest BCUT2D eigenvalue weighted by atomic mass is 79.9. The van der Waals surface area contributed by atoms with Crippen LogP contribution in [-0.4, -0.2) is 23.0 Å². The van der Waals surface area contributed by atoms with E-state index in [2.05, 4.69) is 21.2 Å². The van der Waals surface area contributed by atoms with Gasteiger partial charge in [0.05, 0.1) is 4.47 Å². The summed E-state index contributed by atoms with van der Waals surface area (Å²) in [4.78, 5) is 22.0. The maximum atomic E-state index is 13.1. The number of hydrogen-bond acceptors (Lipinski definition) is 2. The Kier molecular flexibility index (Phi) is 4.00. The summed E-state index contributed by atoms with van der Waals surface area (Å²) >= 11 is 2.95. The number of amides is 1. The summed E-state index contributed by atoms with van der Waals surface area (Å²) in [6.07, 6.45) is 0. The van der Waals surface area contributed by atoms with Gasteiger partial charge in [0.15, 0.2) is 0 Å². The maximum absolute atomic E-state index is 13.1. The van der Waals surface area contributed by atoms with Crippen molar-refractivity contribution >= 4 is 27.8 Å². The van der Waals surface area contributed by atoms with E-state index in [0.717, 1.165) is 6.07 Å². The van der Waals surface area contributed by atoms with Crippen molar-refractivity contribution in [2.75, 3.05) is 0 Å². The van der Waals surface area contributed by atoms with E-state index in [1.807, 2.05) is 0 Å². The zero-order chi connectivity index (χ0) is 12.3. The number of carbonyl (C=O) groups excluding carboxylic acids is 1. The molecule has 1 aromatic carbocycles. The van der Waals surface area contributed by atoms with Crippen LogP contribution in [-0.2, 0) is 4.79 Å². The van der Waals surface area contributed by atoms with Crippen molar-refractivity contribution in [3.63, 3.8) is 0 Å². The van der Waals surface area contributed by atoms with Gasteiger partial charge >= 0.3 is 5.97 Å². The van der Waals surface area contributed by atoms with Crippen LogP contribution in [0.2, 0.25) is 0 Å². The summed E-state index contributed by atoms with van der Waals surface area (Å²) in [5, 5.41) is 10.8. The fourth-order valence-corrected chi connectivity index (χ4v) is 1.23. The number of carbonyl (C=O) groups is 2. The molecule has 0 aliphatic heterocycles. The minimum atomic E-state index is -1.15. The van der Waals surface area contributed by atoms with Gasteiger partial charge in [0.25, 0.3) is 5.91 Å². The summed E-state index contributed by atoms with van der Waals surface area (Å²) in [7, 11) is 0. The second-order valence-electron chi connectivity index (χ2n) is 3.16. The standard InChI is InChI=1S/C10H9BrFNO3/c1-5(10(15)16)13-9(14)6-2-3-7(11)8(12)4-6/h2-5H,1H3,(H,13,14)(H,15,16). The topological polar surface area (TPSA) is 66.4 Å². The lowest BCUT2D eigenvalue weighted by Gasteiger charge is -2.09. The van der Waals surface area contributed by atoms with Crippen LogP contribution in [0.1, 0.15) is 17.3 Å². The van der Waals surface area contributed by atoms with Crippen molar-refractivity contribution in [3.8, 4) is 0 Å². The Labute approximate surface area is 99.6 Å². The van der Waals surface area contributed by atoms with E-state index in [0.29, 0.717) is 0 Å². The molecule has 0 aromatic heterocycles. The number of aliphatic carboxylic acids is 1. The first-order valence-corrected chi connectivity index (χ1v) is 5.20. The molecular formula is C10H9BrFNO3. The molecule has 0 aliphatic rings. The molecule has 1 amide bonds. The first-order valence-electron chi connectivity index (χ1n) is 4.40. The number of hydrogen-bond donors (Lipinski definition) is 2. The number of benzene rings is 1. The van der Waals surface area contributed by atoms with Gasteiger partial charge in [-0.25, -0.2) is 4.39 Å². The molecule has 0 aliphatic carbocycles. The predicted octanol–water partition coefficient (Wildman–Crippen LogP) is 1.79. The SMILES string of the molecule is CC(NC(=O)c1ccc(Br)c(F)c1)C(=O)O. The molecule has 0 heterocycles. The second-order valence-corrected chi connectivity index (χ2v) is 4.02. The molecule has 0 radical (unpaired) electrons. The normalized spacial score (nSPS) is 11.9. The van der Waals surface area contributed by atoms with E-state index in [4.69, 9.17) is 5.11 Å². The minimum absolute atomic E-state index is 0.0776. The molecule has 0 saturated carbocycles. The molecule has 2 N–H and O–H groups in total. The number of carboxylic acid groups (broad SMARTS) is 1. The van der Waals surface area contributed by atoms with Crippen LogP contribution in [0, 0.1) is 5.82 Å². The Morgan fingerprint density at radius 1 is 1.50 bits per heavy atom. The zero-order valence-electron chi connectivity index (χ0n) is 8.33. The van der Waals surface area contributed by atoms with Crippen LogP contribution in [0.5, 0.6) is 0 Å². The van der Waals surface area contributed by atoms with E-state index in [1.54, 1.807) is 0 Å².